The van der Waals surface area contributed by atoms with Gasteiger partial charge in [-0.2, -0.15) is 0 Å². The van der Waals surface area contributed by atoms with E-state index < -0.39 is 15.9 Å². The molecule has 1 aliphatic rings. The van der Waals surface area contributed by atoms with Crippen LogP contribution in [0.4, 0.5) is 5.13 Å². The van der Waals surface area contributed by atoms with Crippen LogP contribution in [0.3, 0.4) is 0 Å². The third kappa shape index (κ3) is 5.27. The first-order chi connectivity index (χ1) is 14.8. The average Bonchev–Trinajstić information content (AvgIpc) is 3.18. The summed E-state index contributed by atoms with van der Waals surface area (Å²) in [6, 6.07) is 13.9. The van der Waals surface area contributed by atoms with Gasteiger partial charge in [-0.25, -0.2) is 13.4 Å². The van der Waals surface area contributed by atoms with Crippen molar-refractivity contribution in [2.45, 2.75) is 6.04 Å². The van der Waals surface area contributed by atoms with Crippen molar-refractivity contribution in [1.82, 2.24) is 9.88 Å². The predicted molar refractivity (Wildman–Crippen MR) is 126 cm³/mol. The molecule has 1 saturated heterocycles. The molecular weight excluding hydrogens is 477 g/mol. The van der Waals surface area contributed by atoms with Gasteiger partial charge in [-0.15, -0.1) is 11.3 Å². The molecule has 3 aromatic rings. The van der Waals surface area contributed by atoms with Gasteiger partial charge in [-0.1, -0.05) is 53.5 Å². The summed E-state index contributed by atoms with van der Waals surface area (Å²) < 4.78 is 23.7. The Kier molecular flexibility index (Phi) is 6.64. The maximum atomic E-state index is 13.3. The summed E-state index contributed by atoms with van der Waals surface area (Å²) in [4.78, 5) is 19.7. The van der Waals surface area contributed by atoms with Crippen LogP contribution in [-0.2, 0) is 14.6 Å². The first-order valence-corrected chi connectivity index (χ1v) is 13.0. The lowest BCUT2D eigenvalue weighted by Crippen LogP contribution is -2.46. The second kappa shape index (κ2) is 9.26. The zero-order valence-electron chi connectivity index (χ0n) is 16.3. The van der Waals surface area contributed by atoms with Crippen LogP contribution < -0.4 is 5.32 Å². The van der Waals surface area contributed by atoms with Gasteiger partial charge >= 0.3 is 0 Å². The van der Waals surface area contributed by atoms with Gasteiger partial charge in [0.05, 0.1) is 22.2 Å². The van der Waals surface area contributed by atoms with Crippen LogP contribution in [-0.4, -0.2) is 48.8 Å². The van der Waals surface area contributed by atoms with E-state index in [0.717, 1.165) is 11.1 Å². The molecule has 1 atom stereocenters. The van der Waals surface area contributed by atoms with Crippen molar-refractivity contribution in [3.05, 3.63) is 69.5 Å². The highest BCUT2D eigenvalue weighted by Crippen LogP contribution is 2.33. The number of amides is 1. The monoisotopic (exact) mass is 495 g/mol. The normalized spacial score (nSPS) is 17.2. The van der Waals surface area contributed by atoms with Crippen molar-refractivity contribution in [2.75, 3.05) is 29.9 Å². The summed E-state index contributed by atoms with van der Waals surface area (Å²) in [5.74, 6) is -0.172. The molecule has 162 valence electrons. The van der Waals surface area contributed by atoms with E-state index in [0.29, 0.717) is 34.0 Å². The number of hydrogen-bond acceptors (Lipinski definition) is 6. The molecule has 2 aromatic carbocycles. The van der Waals surface area contributed by atoms with Crippen molar-refractivity contribution in [2.24, 2.45) is 0 Å². The van der Waals surface area contributed by atoms with Crippen LogP contribution in [0, 0.1) is 0 Å². The van der Waals surface area contributed by atoms with Crippen LogP contribution >= 0.6 is 34.5 Å². The summed E-state index contributed by atoms with van der Waals surface area (Å²) in [6.07, 6.45) is 0. The Morgan fingerprint density at radius 3 is 2.48 bits per heavy atom. The number of aromatic nitrogens is 1. The molecule has 1 amide bonds. The maximum Gasteiger partial charge on any atom is 0.248 e. The summed E-state index contributed by atoms with van der Waals surface area (Å²) in [5.41, 5.74) is 2.17. The van der Waals surface area contributed by atoms with Gasteiger partial charge in [0.2, 0.25) is 5.91 Å². The predicted octanol–water partition coefficient (Wildman–Crippen LogP) is 4.53. The standard InChI is InChI=1S/C21H19Cl2N3O3S2/c22-15-6-7-16(17(23)12-15)18-13-30-21(24-18)25-20(27)19(14-4-2-1-3-5-14)26-8-10-31(28,29)11-9-26/h1-7,12-13,19H,8-11H2,(H,24,25,27). The smallest absolute Gasteiger partial charge is 0.248 e. The largest absolute Gasteiger partial charge is 0.300 e. The molecule has 1 aliphatic heterocycles. The third-order valence-corrected chi connectivity index (χ3v) is 7.96. The highest BCUT2D eigenvalue weighted by molar-refractivity contribution is 7.91. The van der Waals surface area contributed by atoms with Crippen LogP contribution in [0.1, 0.15) is 11.6 Å². The zero-order chi connectivity index (χ0) is 22.0. The lowest BCUT2D eigenvalue weighted by atomic mass is 10.0. The van der Waals surface area contributed by atoms with Crippen molar-refractivity contribution in [1.29, 1.82) is 0 Å². The topological polar surface area (TPSA) is 79.4 Å². The lowest BCUT2D eigenvalue weighted by Gasteiger charge is -2.33. The molecule has 1 aromatic heterocycles. The van der Waals surface area contributed by atoms with E-state index >= 15 is 0 Å². The van der Waals surface area contributed by atoms with Gasteiger partial charge in [-0.05, 0) is 23.8 Å². The first kappa shape index (κ1) is 22.2. The summed E-state index contributed by atoms with van der Waals surface area (Å²) >= 11 is 13.5. The molecule has 31 heavy (non-hydrogen) atoms. The quantitative estimate of drug-likeness (QED) is 0.562. The average molecular weight is 496 g/mol. The molecule has 1 N–H and O–H groups in total. The fraction of sp³-hybridized carbons (Fsp3) is 0.238. The number of nitrogens with one attached hydrogen (secondary N) is 1. The van der Waals surface area contributed by atoms with Crippen molar-refractivity contribution >= 4 is 55.4 Å². The molecule has 0 aliphatic carbocycles. The van der Waals surface area contributed by atoms with Crippen molar-refractivity contribution in [3.8, 4) is 11.3 Å². The minimum atomic E-state index is -3.06. The Hall–Kier alpha value is -1.97. The van der Waals surface area contributed by atoms with Crippen LogP contribution in [0.5, 0.6) is 0 Å². The van der Waals surface area contributed by atoms with E-state index in [2.05, 4.69) is 10.3 Å². The van der Waals surface area contributed by atoms with Gasteiger partial charge in [0.15, 0.2) is 15.0 Å². The number of carbonyl (C=O) groups excluding carboxylic acids is 1. The highest BCUT2D eigenvalue weighted by Gasteiger charge is 2.32. The Bertz CT molecular complexity index is 1190. The molecule has 0 spiro atoms. The number of hydrogen-bond donors (Lipinski definition) is 1. The van der Waals surface area contributed by atoms with Gasteiger partial charge < -0.3 is 5.32 Å². The third-order valence-electron chi connectivity index (χ3n) is 5.05. The number of anilines is 1. The SMILES string of the molecule is O=C(Nc1nc(-c2ccc(Cl)cc2Cl)cs1)C(c1ccccc1)N1CCS(=O)(=O)CC1. The summed E-state index contributed by atoms with van der Waals surface area (Å²) in [5, 5.41) is 6.16. The second-order valence-electron chi connectivity index (χ2n) is 7.15. The van der Waals surface area contributed by atoms with Gasteiger partial charge in [0.1, 0.15) is 6.04 Å². The Morgan fingerprint density at radius 1 is 1.10 bits per heavy atom. The van der Waals surface area contributed by atoms with Gasteiger partial charge in [0, 0.05) is 29.1 Å². The Morgan fingerprint density at radius 2 is 1.81 bits per heavy atom. The number of benzene rings is 2. The van der Waals surface area contributed by atoms with Crippen LogP contribution in [0.25, 0.3) is 11.3 Å². The zero-order valence-corrected chi connectivity index (χ0v) is 19.4. The first-order valence-electron chi connectivity index (χ1n) is 9.54. The molecule has 4 rings (SSSR count). The minimum absolute atomic E-state index is 0.0417. The molecule has 2 heterocycles. The number of sulfone groups is 1. The molecule has 0 radical (unpaired) electrons. The Balaban J connectivity index is 1.56. The van der Waals surface area contributed by atoms with E-state index in [-0.39, 0.29) is 17.4 Å². The molecular formula is C21H19Cl2N3O3S2. The Labute approximate surface area is 194 Å². The molecule has 0 bridgehead atoms. The van der Waals surface area contributed by atoms with E-state index in [4.69, 9.17) is 23.2 Å². The van der Waals surface area contributed by atoms with Crippen molar-refractivity contribution < 1.29 is 13.2 Å². The minimum Gasteiger partial charge on any atom is -0.300 e. The molecule has 1 unspecified atom stereocenters. The van der Waals surface area contributed by atoms with E-state index in [1.165, 1.54) is 11.3 Å². The molecule has 0 saturated carbocycles. The highest BCUT2D eigenvalue weighted by atomic mass is 35.5. The van der Waals surface area contributed by atoms with E-state index in [1.807, 2.05) is 40.6 Å². The van der Waals surface area contributed by atoms with E-state index in [9.17, 15) is 13.2 Å². The van der Waals surface area contributed by atoms with E-state index in [1.54, 1.807) is 18.2 Å². The molecule has 1 fully saturated rings. The maximum absolute atomic E-state index is 13.3. The van der Waals surface area contributed by atoms with Gasteiger partial charge in [-0.3, -0.25) is 9.69 Å². The van der Waals surface area contributed by atoms with Gasteiger partial charge in [0.25, 0.3) is 0 Å². The van der Waals surface area contributed by atoms with Crippen LogP contribution in [0.2, 0.25) is 10.0 Å². The van der Waals surface area contributed by atoms with Crippen LogP contribution in [0.15, 0.2) is 53.9 Å². The molecule has 10 heteroatoms. The number of carbonyl (C=O) groups is 1. The summed E-state index contributed by atoms with van der Waals surface area (Å²) in [6.45, 7) is 0.609. The summed E-state index contributed by atoms with van der Waals surface area (Å²) in [7, 11) is -3.06. The second-order valence-corrected chi connectivity index (χ2v) is 11.2. The fourth-order valence-corrected chi connectivity index (χ4v) is 5.92. The number of nitrogens with zero attached hydrogens (tertiary/aromatic N) is 2. The fourth-order valence-electron chi connectivity index (χ4n) is 3.47. The number of thiazole rings is 1. The molecule has 6 nitrogen and oxygen atoms in total. The number of halogens is 2. The van der Waals surface area contributed by atoms with Crippen molar-refractivity contribution in [3.63, 3.8) is 0 Å². The lowest BCUT2D eigenvalue weighted by molar-refractivity contribution is -0.121. The number of rotatable bonds is 5.